The van der Waals surface area contributed by atoms with E-state index >= 15 is 0 Å². The first-order valence-corrected chi connectivity index (χ1v) is 8.17. The van der Waals surface area contributed by atoms with E-state index in [0.717, 1.165) is 11.1 Å². The Bertz CT molecular complexity index is 662. The summed E-state index contributed by atoms with van der Waals surface area (Å²) in [5, 5.41) is 22.2. The van der Waals surface area contributed by atoms with Crippen LogP contribution in [0.3, 0.4) is 0 Å². The molecule has 1 amide bonds. The molecule has 1 atom stereocenters. The third-order valence-corrected chi connectivity index (χ3v) is 3.90. The second-order valence-electron chi connectivity index (χ2n) is 6.63. The molecule has 0 heterocycles. The van der Waals surface area contributed by atoms with E-state index in [9.17, 15) is 15.0 Å². The van der Waals surface area contributed by atoms with E-state index in [2.05, 4.69) is 5.32 Å². The number of aliphatic hydroxyl groups excluding tert-OH is 1. The quantitative estimate of drug-likeness (QED) is 0.732. The molecule has 0 saturated heterocycles. The summed E-state index contributed by atoms with van der Waals surface area (Å²) in [5.41, 5.74) is 1.70. The maximum Gasteiger partial charge on any atom is 0.251 e. The van der Waals surface area contributed by atoms with Gasteiger partial charge in [-0.25, -0.2) is 0 Å². The molecule has 3 N–H and O–H groups in total. The number of carbonyl (C=O) groups is 1. The maximum atomic E-state index is 12.5. The van der Waals surface area contributed by atoms with Crippen LogP contribution >= 0.6 is 0 Å². The fourth-order valence-electron chi connectivity index (χ4n) is 2.48. The zero-order valence-corrected chi connectivity index (χ0v) is 14.2. The number of carbonyl (C=O) groups excluding carboxylic acids is 1. The van der Waals surface area contributed by atoms with Crippen molar-refractivity contribution in [3.05, 3.63) is 71.3 Å². The molecule has 0 fully saturated rings. The van der Waals surface area contributed by atoms with Crippen molar-refractivity contribution in [1.29, 1.82) is 0 Å². The highest BCUT2D eigenvalue weighted by atomic mass is 16.3. The van der Waals surface area contributed by atoms with Gasteiger partial charge < -0.3 is 15.5 Å². The van der Waals surface area contributed by atoms with Gasteiger partial charge in [-0.1, -0.05) is 42.5 Å². The van der Waals surface area contributed by atoms with Crippen LogP contribution in [0.2, 0.25) is 0 Å². The van der Waals surface area contributed by atoms with Crippen molar-refractivity contribution in [2.45, 2.75) is 38.3 Å². The number of amides is 1. The van der Waals surface area contributed by atoms with Gasteiger partial charge in [-0.2, -0.15) is 0 Å². The lowest BCUT2D eigenvalue weighted by Crippen LogP contribution is -2.30. The number of aliphatic hydroxyl groups is 2. The molecule has 4 nitrogen and oxygen atoms in total. The highest BCUT2D eigenvalue weighted by molar-refractivity contribution is 5.94. The molecule has 0 aliphatic rings. The van der Waals surface area contributed by atoms with Crippen LogP contribution in [0.4, 0.5) is 0 Å². The Morgan fingerprint density at radius 3 is 2.46 bits per heavy atom. The molecule has 0 aliphatic carbocycles. The van der Waals surface area contributed by atoms with Gasteiger partial charge in [0.2, 0.25) is 0 Å². The predicted molar refractivity (Wildman–Crippen MR) is 94.8 cm³/mol. The fourth-order valence-corrected chi connectivity index (χ4v) is 2.48. The number of hydrogen-bond acceptors (Lipinski definition) is 3. The molecule has 2 aromatic carbocycles. The lowest BCUT2D eigenvalue weighted by molar-refractivity contribution is 0.0714. The molecule has 1 unspecified atom stereocenters. The van der Waals surface area contributed by atoms with Gasteiger partial charge >= 0.3 is 0 Å². The zero-order valence-electron chi connectivity index (χ0n) is 14.2. The zero-order chi connectivity index (χ0) is 17.6. The van der Waals surface area contributed by atoms with Crippen LogP contribution < -0.4 is 5.32 Å². The first-order chi connectivity index (χ1) is 11.4. The Morgan fingerprint density at radius 2 is 1.83 bits per heavy atom. The minimum Gasteiger partial charge on any atom is -0.394 e. The van der Waals surface area contributed by atoms with Gasteiger partial charge in [0.05, 0.1) is 18.2 Å². The highest BCUT2D eigenvalue weighted by Crippen LogP contribution is 2.16. The van der Waals surface area contributed by atoms with E-state index < -0.39 is 11.6 Å². The van der Waals surface area contributed by atoms with E-state index in [1.807, 2.05) is 48.5 Å². The number of nitrogens with one attached hydrogen (secondary N) is 1. The van der Waals surface area contributed by atoms with Gasteiger partial charge in [-0.3, -0.25) is 4.79 Å². The average molecular weight is 327 g/mol. The second-order valence-corrected chi connectivity index (χ2v) is 6.63. The first kappa shape index (κ1) is 18.2. The summed E-state index contributed by atoms with van der Waals surface area (Å²) in [5.74, 6) is -0.219. The largest absolute Gasteiger partial charge is 0.394 e. The SMILES string of the molecule is CC(C)(O)CCc1cccc(C(=O)NC(CO)c2ccccc2)c1. The Balaban J connectivity index is 2.06. The highest BCUT2D eigenvalue weighted by Gasteiger charge is 2.16. The number of hydrogen-bond donors (Lipinski definition) is 3. The van der Waals surface area contributed by atoms with Gasteiger partial charge in [0, 0.05) is 5.56 Å². The van der Waals surface area contributed by atoms with E-state index in [-0.39, 0.29) is 12.5 Å². The normalized spacial score (nSPS) is 12.7. The summed E-state index contributed by atoms with van der Waals surface area (Å²) >= 11 is 0. The number of rotatable bonds is 7. The van der Waals surface area contributed by atoms with E-state index in [1.54, 1.807) is 19.9 Å². The topological polar surface area (TPSA) is 69.6 Å². The van der Waals surface area contributed by atoms with Crippen molar-refractivity contribution in [3.8, 4) is 0 Å². The second kappa shape index (κ2) is 8.08. The van der Waals surface area contributed by atoms with E-state index in [1.165, 1.54) is 0 Å². The number of aryl methyl sites for hydroxylation is 1. The summed E-state index contributed by atoms with van der Waals surface area (Å²) in [6.07, 6.45) is 1.33. The van der Waals surface area contributed by atoms with Crippen LogP contribution in [0.5, 0.6) is 0 Å². The number of benzene rings is 2. The van der Waals surface area contributed by atoms with Crippen molar-refractivity contribution < 1.29 is 15.0 Å². The summed E-state index contributed by atoms with van der Waals surface area (Å²) < 4.78 is 0. The van der Waals surface area contributed by atoms with Crippen LogP contribution in [0.15, 0.2) is 54.6 Å². The third-order valence-electron chi connectivity index (χ3n) is 3.90. The molecule has 0 saturated carbocycles. The predicted octanol–water partition coefficient (Wildman–Crippen LogP) is 2.85. The third kappa shape index (κ3) is 5.48. The molecule has 24 heavy (non-hydrogen) atoms. The smallest absolute Gasteiger partial charge is 0.251 e. The van der Waals surface area contributed by atoms with Crippen molar-refractivity contribution >= 4 is 5.91 Å². The molecule has 0 spiro atoms. The molecule has 128 valence electrons. The average Bonchev–Trinajstić information content (AvgIpc) is 2.58. The van der Waals surface area contributed by atoms with E-state index in [4.69, 9.17) is 0 Å². The van der Waals surface area contributed by atoms with Crippen molar-refractivity contribution in [1.82, 2.24) is 5.32 Å². The molecule has 2 aromatic rings. The fraction of sp³-hybridized carbons (Fsp3) is 0.350. The van der Waals surface area contributed by atoms with Gasteiger partial charge in [0.25, 0.3) is 5.91 Å². The van der Waals surface area contributed by atoms with Crippen molar-refractivity contribution in [2.75, 3.05) is 6.61 Å². The standard InChI is InChI=1S/C20H25NO3/c1-20(2,24)12-11-15-7-6-10-17(13-15)19(23)21-18(14-22)16-8-4-3-5-9-16/h3-10,13,18,22,24H,11-12,14H2,1-2H3,(H,21,23). The van der Waals surface area contributed by atoms with Gasteiger partial charge in [-0.15, -0.1) is 0 Å². The van der Waals surface area contributed by atoms with Gasteiger partial charge in [0.1, 0.15) is 0 Å². The Labute approximate surface area is 143 Å². The molecule has 0 radical (unpaired) electrons. The van der Waals surface area contributed by atoms with Crippen LogP contribution in [0.1, 0.15) is 47.8 Å². The summed E-state index contributed by atoms with van der Waals surface area (Å²) in [4.78, 5) is 12.5. The van der Waals surface area contributed by atoms with Crippen LogP contribution in [0, 0.1) is 0 Å². The lowest BCUT2D eigenvalue weighted by Gasteiger charge is -2.18. The lowest BCUT2D eigenvalue weighted by atomic mass is 9.97. The van der Waals surface area contributed by atoms with Crippen molar-refractivity contribution in [3.63, 3.8) is 0 Å². The Morgan fingerprint density at radius 1 is 1.12 bits per heavy atom. The molecule has 0 aromatic heterocycles. The molecular weight excluding hydrogens is 302 g/mol. The molecular formula is C20H25NO3. The summed E-state index contributed by atoms with van der Waals surface area (Å²) in [7, 11) is 0. The Kier molecular flexibility index (Phi) is 6.12. The summed E-state index contributed by atoms with van der Waals surface area (Å²) in [6.45, 7) is 3.39. The minimum absolute atomic E-state index is 0.159. The van der Waals surface area contributed by atoms with Gasteiger partial charge in [-0.05, 0) is 49.9 Å². The van der Waals surface area contributed by atoms with Crippen LogP contribution in [-0.2, 0) is 6.42 Å². The van der Waals surface area contributed by atoms with Crippen LogP contribution in [-0.4, -0.2) is 28.3 Å². The van der Waals surface area contributed by atoms with E-state index in [0.29, 0.717) is 18.4 Å². The molecule has 2 rings (SSSR count). The monoisotopic (exact) mass is 327 g/mol. The van der Waals surface area contributed by atoms with Gasteiger partial charge in [0.15, 0.2) is 0 Å². The first-order valence-electron chi connectivity index (χ1n) is 8.17. The van der Waals surface area contributed by atoms with Crippen LogP contribution in [0.25, 0.3) is 0 Å². The molecule has 4 heteroatoms. The molecule has 0 aliphatic heterocycles. The molecule has 0 bridgehead atoms. The Hall–Kier alpha value is -2.17. The minimum atomic E-state index is -0.729. The van der Waals surface area contributed by atoms with Crippen molar-refractivity contribution in [2.24, 2.45) is 0 Å². The summed E-state index contributed by atoms with van der Waals surface area (Å²) in [6, 6.07) is 16.3. The maximum absolute atomic E-state index is 12.5.